The van der Waals surface area contributed by atoms with Crippen molar-refractivity contribution in [2.45, 2.75) is 13.5 Å². The fourth-order valence-corrected chi connectivity index (χ4v) is 3.86. The highest BCUT2D eigenvalue weighted by Crippen LogP contribution is 2.38. The van der Waals surface area contributed by atoms with Crippen molar-refractivity contribution >= 4 is 46.6 Å². The third kappa shape index (κ3) is 5.39. The monoisotopic (exact) mass is 461 g/mol. The van der Waals surface area contributed by atoms with E-state index in [1.54, 1.807) is 37.3 Å². The van der Waals surface area contributed by atoms with Crippen molar-refractivity contribution in [2.24, 2.45) is 0 Å². The molecule has 1 heterocycles. The number of methoxy groups -OCH3 is 1. The molecule has 31 heavy (non-hydrogen) atoms. The van der Waals surface area contributed by atoms with Gasteiger partial charge < -0.3 is 14.2 Å². The fourth-order valence-electron chi connectivity index (χ4n) is 2.84. The van der Waals surface area contributed by atoms with Crippen LogP contribution in [0.5, 0.6) is 11.5 Å². The molecule has 162 valence electrons. The predicted octanol–water partition coefficient (Wildman–Crippen LogP) is 4.53. The summed E-state index contributed by atoms with van der Waals surface area (Å²) >= 11 is 6.95. The standard InChI is InChI=1S/C22H20ClNO6S/c1-3-29-19(25)12-24-21(26)18(31-22(24)27)11-14-8-6-10-17(28-2)20(14)30-13-15-7-4-5-9-16(15)23/h4-11H,3,12-13H2,1-2H3/b18-11-. The van der Waals surface area contributed by atoms with Crippen LogP contribution in [-0.4, -0.2) is 42.3 Å². The summed E-state index contributed by atoms with van der Waals surface area (Å²) in [7, 11) is 1.51. The van der Waals surface area contributed by atoms with Crippen molar-refractivity contribution < 1.29 is 28.6 Å². The van der Waals surface area contributed by atoms with Crippen molar-refractivity contribution in [2.75, 3.05) is 20.3 Å². The van der Waals surface area contributed by atoms with Crippen LogP contribution in [0.25, 0.3) is 6.08 Å². The molecule has 0 spiro atoms. The highest BCUT2D eigenvalue weighted by atomic mass is 35.5. The predicted molar refractivity (Wildman–Crippen MR) is 118 cm³/mol. The van der Waals surface area contributed by atoms with E-state index >= 15 is 0 Å². The van der Waals surface area contributed by atoms with Crippen LogP contribution in [0.2, 0.25) is 5.02 Å². The zero-order chi connectivity index (χ0) is 22.4. The molecule has 3 rings (SSSR count). The van der Waals surface area contributed by atoms with Crippen LogP contribution in [0.3, 0.4) is 0 Å². The first-order valence-electron chi connectivity index (χ1n) is 9.38. The lowest BCUT2D eigenvalue weighted by Crippen LogP contribution is -2.34. The average Bonchev–Trinajstić information content (AvgIpc) is 3.01. The second-order valence-corrected chi connectivity index (χ2v) is 7.73. The molecule has 0 bridgehead atoms. The van der Waals surface area contributed by atoms with Gasteiger partial charge >= 0.3 is 5.97 Å². The van der Waals surface area contributed by atoms with Gasteiger partial charge in [-0.05, 0) is 36.9 Å². The number of imide groups is 1. The maximum atomic E-state index is 12.7. The maximum Gasteiger partial charge on any atom is 0.326 e. The minimum Gasteiger partial charge on any atom is -0.493 e. The zero-order valence-electron chi connectivity index (χ0n) is 16.9. The lowest BCUT2D eigenvalue weighted by Gasteiger charge is -2.14. The Morgan fingerprint density at radius 3 is 2.65 bits per heavy atom. The summed E-state index contributed by atoms with van der Waals surface area (Å²) in [6.07, 6.45) is 1.54. The highest BCUT2D eigenvalue weighted by Gasteiger charge is 2.36. The summed E-state index contributed by atoms with van der Waals surface area (Å²) in [6, 6.07) is 12.5. The van der Waals surface area contributed by atoms with E-state index in [1.165, 1.54) is 7.11 Å². The van der Waals surface area contributed by atoms with Gasteiger partial charge in [-0.1, -0.05) is 41.9 Å². The molecule has 1 aliphatic heterocycles. The van der Waals surface area contributed by atoms with Gasteiger partial charge in [0.25, 0.3) is 11.1 Å². The van der Waals surface area contributed by atoms with Crippen molar-refractivity contribution in [3.05, 3.63) is 63.5 Å². The molecule has 2 amide bonds. The Hall–Kier alpha value is -2.97. The molecule has 0 N–H and O–H groups in total. The summed E-state index contributed by atoms with van der Waals surface area (Å²) in [5.41, 5.74) is 1.34. The number of para-hydroxylation sites is 1. The molecule has 0 atom stereocenters. The van der Waals surface area contributed by atoms with E-state index in [2.05, 4.69) is 0 Å². The molecule has 0 unspecified atom stereocenters. The van der Waals surface area contributed by atoms with Crippen molar-refractivity contribution in [3.8, 4) is 11.5 Å². The van der Waals surface area contributed by atoms with Gasteiger partial charge in [0.1, 0.15) is 13.2 Å². The molecule has 1 aliphatic rings. The molecule has 0 aliphatic carbocycles. The first kappa shape index (κ1) is 22.7. The molecule has 1 saturated heterocycles. The third-order valence-corrected chi connectivity index (χ3v) is 5.59. The number of hydrogen-bond acceptors (Lipinski definition) is 7. The number of carbonyl (C=O) groups excluding carboxylic acids is 3. The number of ether oxygens (including phenoxy) is 3. The second-order valence-electron chi connectivity index (χ2n) is 6.33. The molecule has 2 aromatic rings. The Labute approximate surface area is 188 Å². The van der Waals surface area contributed by atoms with Crippen LogP contribution >= 0.6 is 23.4 Å². The minimum atomic E-state index is -0.642. The van der Waals surface area contributed by atoms with Gasteiger partial charge in [0.2, 0.25) is 0 Å². The van der Waals surface area contributed by atoms with Crippen LogP contribution in [0, 0.1) is 0 Å². The number of amides is 2. The van der Waals surface area contributed by atoms with Gasteiger partial charge in [-0.2, -0.15) is 0 Å². The molecule has 0 aromatic heterocycles. The van der Waals surface area contributed by atoms with Crippen LogP contribution in [0.1, 0.15) is 18.1 Å². The molecule has 2 aromatic carbocycles. The van der Waals surface area contributed by atoms with E-state index in [9.17, 15) is 14.4 Å². The number of hydrogen-bond donors (Lipinski definition) is 0. The number of rotatable bonds is 8. The molecule has 0 radical (unpaired) electrons. The van der Waals surface area contributed by atoms with E-state index in [-0.39, 0.29) is 18.1 Å². The van der Waals surface area contributed by atoms with Gasteiger partial charge in [0, 0.05) is 16.1 Å². The van der Waals surface area contributed by atoms with Crippen molar-refractivity contribution in [3.63, 3.8) is 0 Å². The van der Waals surface area contributed by atoms with Crippen molar-refractivity contribution in [1.82, 2.24) is 4.90 Å². The zero-order valence-corrected chi connectivity index (χ0v) is 18.5. The molecule has 1 fully saturated rings. The van der Waals surface area contributed by atoms with E-state index in [4.69, 9.17) is 25.8 Å². The highest BCUT2D eigenvalue weighted by molar-refractivity contribution is 8.18. The van der Waals surface area contributed by atoms with Crippen LogP contribution in [-0.2, 0) is 20.9 Å². The van der Waals surface area contributed by atoms with Crippen molar-refractivity contribution in [1.29, 1.82) is 0 Å². The van der Waals surface area contributed by atoms with Gasteiger partial charge in [-0.3, -0.25) is 19.3 Å². The maximum absolute atomic E-state index is 12.7. The van der Waals surface area contributed by atoms with E-state index in [0.29, 0.717) is 22.1 Å². The Morgan fingerprint density at radius 1 is 1.16 bits per heavy atom. The Bertz CT molecular complexity index is 1040. The van der Waals surface area contributed by atoms with E-state index in [1.807, 2.05) is 18.2 Å². The average molecular weight is 462 g/mol. The summed E-state index contributed by atoms with van der Waals surface area (Å²) < 4.78 is 16.2. The number of esters is 1. The lowest BCUT2D eigenvalue weighted by atomic mass is 10.1. The number of halogens is 1. The van der Waals surface area contributed by atoms with Gasteiger partial charge in [-0.25, -0.2) is 0 Å². The quantitative estimate of drug-likeness (QED) is 0.422. The smallest absolute Gasteiger partial charge is 0.326 e. The summed E-state index contributed by atoms with van der Waals surface area (Å²) in [5, 5.41) is 0.0322. The van der Waals surface area contributed by atoms with Gasteiger partial charge in [0.15, 0.2) is 11.5 Å². The third-order valence-electron chi connectivity index (χ3n) is 4.31. The van der Waals surface area contributed by atoms with Gasteiger partial charge in [-0.15, -0.1) is 0 Å². The topological polar surface area (TPSA) is 82.1 Å². The van der Waals surface area contributed by atoms with Gasteiger partial charge in [0.05, 0.1) is 18.6 Å². The summed E-state index contributed by atoms with van der Waals surface area (Å²) in [4.78, 5) is 37.6. The van der Waals surface area contributed by atoms with Crippen LogP contribution in [0.4, 0.5) is 4.79 Å². The second kappa shape index (κ2) is 10.4. The number of carbonyl (C=O) groups is 3. The van der Waals surface area contributed by atoms with E-state index < -0.39 is 23.7 Å². The van der Waals surface area contributed by atoms with E-state index in [0.717, 1.165) is 22.2 Å². The first-order chi connectivity index (χ1) is 14.9. The van der Waals surface area contributed by atoms with Crippen LogP contribution in [0.15, 0.2) is 47.4 Å². The first-order valence-corrected chi connectivity index (χ1v) is 10.6. The summed E-state index contributed by atoms with van der Waals surface area (Å²) in [6.45, 7) is 1.58. The molecular weight excluding hydrogens is 442 g/mol. The fraction of sp³-hybridized carbons (Fsp3) is 0.227. The lowest BCUT2D eigenvalue weighted by molar-refractivity contribution is -0.145. The normalized spacial score (nSPS) is 14.8. The SMILES string of the molecule is CCOC(=O)CN1C(=O)S/C(=C\c2cccc(OC)c2OCc2ccccc2Cl)C1=O. The molecular formula is C22H20ClNO6S. The number of thioether (sulfide) groups is 1. The largest absolute Gasteiger partial charge is 0.493 e. The molecule has 9 heteroatoms. The number of benzene rings is 2. The molecule has 0 saturated carbocycles. The van der Waals surface area contributed by atoms with Crippen LogP contribution < -0.4 is 9.47 Å². The minimum absolute atomic E-state index is 0.167. The molecule has 7 nitrogen and oxygen atoms in total. The Morgan fingerprint density at radius 2 is 1.94 bits per heavy atom. The summed E-state index contributed by atoms with van der Waals surface area (Å²) in [5.74, 6) is -0.340. The number of nitrogens with zero attached hydrogens (tertiary/aromatic N) is 1. The Balaban J connectivity index is 1.86. The Kier molecular flexibility index (Phi) is 7.59.